The Kier molecular flexibility index (Phi) is 5.60. The summed E-state index contributed by atoms with van der Waals surface area (Å²) < 4.78 is 0. The van der Waals surface area contributed by atoms with Crippen molar-refractivity contribution in [2.24, 2.45) is 0 Å². The van der Waals surface area contributed by atoms with Gasteiger partial charge in [0.05, 0.1) is 0 Å². The van der Waals surface area contributed by atoms with Crippen molar-refractivity contribution < 1.29 is 9.90 Å². The van der Waals surface area contributed by atoms with Crippen LogP contribution in [0.4, 0.5) is 0 Å². The fourth-order valence-electron chi connectivity index (χ4n) is 0.954. The summed E-state index contributed by atoms with van der Waals surface area (Å²) in [5.74, 6) is 0.319. The Hall–Kier alpha value is -1.31. The molecule has 0 amide bonds. The maximum absolute atomic E-state index is 10.6. The van der Waals surface area contributed by atoms with E-state index in [1.165, 1.54) is 6.92 Å². The van der Waals surface area contributed by atoms with Crippen LogP contribution >= 0.6 is 0 Å². The molecule has 0 aromatic heterocycles. The number of aromatic hydroxyl groups is 1. The monoisotopic (exact) mass is 180 g/mol. The Labute approximate surface area is 79.2 Å². The van der Waals surface area contributed by atoms with Crippen LogP contribution in [-0.4, -0.2) is 10.9 Å². The second kappa shape index (κ2) is 6.23. The molecule has 0 fully saturated rings. The molecule has 0 heterocycles. The van der Waals surface area contributed by atoms with Gasteiger partial charge in [-0.05, 0) is 24.6 Å². The second-order valence-corrected chi connectivity index (χ2v) is 2.55. The van der Waals surface area contributed by atoms with Gasteiger partial charge in [0, 0.05) is 6.42 Å². The normalized spacial score (nSPS) is 8.54. The van der Waals surface area contributed by atoms with Crippen molar-refractivity contribution in [3.8, 4) is 5.75 Å². The molecule has 0 bridgehead atoms. The van der Waals surface area contributed by atoms with Gasteiger partial charge >= 0.3 is 0 Å². The van der Waals surface area contributed by atoms with Gasteiger partial charge in [-0.25, -0.2) is 0 Å². The van der Waals surface area contributed by atoms with E-state index in [0.29, 0.717) is 6.42 Å². The van der Waals surface area contributed by atoms with E-state index >= 15 is 0 Å². The number of Topliss-reactive ketones (excluding diaryl/α,β-unsaturated/α-hetero) is 1. The van der Waals surface area contributed by atoms with Crippen LogP contribution in [0.3, 0.4) is 0 Å². The molecule has 72 valence electrons. The highest BCUT2D eigenvalue weighted by Crippen LogP contribution is 2.11. The van der Waals surface area contributed by atoms with E-state index in [-0.39, 0.29) is 11.5 Å². The van der Waals surface area contributed by atoms with Crippen LogP contribution in [0, 0.1) is 0 Å². The number of carbonyl (C=O) groups is 1. The number of benzene rings is 1. The Morgan fingerprint density at radius 1 is 1.38 bits per heavy atom. The number of phenolic OH excluding ortho intramolecular Hbond substituents is 1. The predicted octanol–water partition coefficient (Wildman–Crippen LogP) is 2.55. The molecule has 1 aromatic rings. The minimum Gasteiger partial charge on any atom is -0.508 e. The lowest BCUT2D eigenvalue weighted by molar-refractivity contribution is -0.116. The lowest BCUT2D eigenvalue weighted by atomic mass is 10.1. The molecule has 0 aliphatic heterocycles. The van der Waals surface area contributed by atoms with Crippen molar-refractivity contribution in [3.05, 3.63) is 29.8 Å². The van der Waals surface area contributed by atoms with Crippen LogP contribution in [0.1, 0.15) is 26.3 Å². The summed E-state index contributed by atoms with van der Waals surface area (Å²) in [5, 5.41) is 9.01. The minimum absolute atomic E-state index is 0.107. The molecule has 0 spiro atoms. The maximum atomic E-state index is 10.6. The van der Waals surface area contributed by atoms with Crippen LogP contribution in [0.2, 0.25) is 0 Å². The summed E-state index contributed by atoms with van der Waals surface area (Å²) in [4.78, 5) is 10.6. The first kappa shape index (κ1) is 11.7. The first-order valence-corrected chi connectivity index (χ1v) is 4.46. The summed E-state index contributed by atoms with van der Waals surface area (Å²) in [6.07, 6.45) is 0.397. The maximum Gasteiger partial charge on any atom is 0.134 e. The number of hydrogen-bond acceptors (Lipinski definition) is 2. The molecule has 0 saturated carbocycles. The molecule has 1 aromatic carbocycles. The van der Waals surface area contributed by atoms with Gasteiger partial charge < -0.3 is 5.11 Å². The number of carbonyl (C=O) groups excluding carboxylic acids is 1. The van der Waals surface area contributed by atoms with Gasteiger partial charge in [-0.1, -0.05) is 26.0 Å². The standard InChI is InChI=1S/C9H10O2.C2H6/c1-7(10)5-8-3-2-4-9(11)6-8;1-2/h2-4,6,11H,5H2,1H3;1-2H3. The Morgan fingerprint density at radius 2 is 2.00 bits per heavy atom. The van der Waals surface area contributed by atoms with Crippen molar-refractivity contribution in [1.82, 2.24) is 0 Å². The summed E-state index contributed by atoms with van der Waals surface area (Å²) in [6, 6.07) is 6.74. The molecule has 0 aliphatic rings. The van der Waals surface area contributed by atoms with E-state index in [1.807, 2.05) is 19.9 Å². The number of phenols is 1. The average Bonchev–Trinajstić information content (AvgIpc) is 2.06. The lowest BCUT2D eigenvalue weighted by Crippen LogP contribution is -1.95. The molecular formula is C11H16O2. The highest BCUT2D eigenvalue weighted by atomic mass is 16.3. The van der Waals surface area contributed by atoms with Gasteiger partial charge in [0.2, 0.25) is 0 Å². The third kappa shape index (κ3) is 5.01. The highest BCUT2D eigenvalue weighted by Gasteiger charge is 1.96. The molecule has 13 heavy (non-hydrogen) atoms. The smallest absolute Gasteiger partial charge is 0.134 e. The summed E-state index contributed by atoms with van der Waals surface area (Å²) >= 11 is 0. The third-order valence-electron chi connectivity index (χ3n) is 1.36. The first-order chi connectivity index (χ1) is 6.18. The molecule has 0 unspecified atom stereocenters. The third-order valence-corrected chi connectivity index (χ3v) is 1.36. The van der Waals surface area contributed by atoms with Crippen molar-refractivity contribution in [1.29, 1.82) is 0 Å². The van der Waals surface area contributed by atoms with Gasteiger partial charge in [-0.2, -0.15) is 0 Å². The van der Waals surface area contributed by atoms with Crippen LogP contribution < -0.4 is 0 Å². The largest absolute Gasteiger partial charge is 0.508 e. The zero-order valence-electron chi connectivity index (χ0n) is 8.37. The molecule has 0 saturated heterocycles. The van der Waals surface area contributed by atoms with Crippen LogP contribution in [-0.2, 0) is 11.2 Å². The summed E-state index contributed by atoms with van der Waals surface area (Å²) in [5.41, 5.74) is 0.859. The highest BCUT2D eigenvalue weighted by molar-refractivity contribution is 5.78. The molecule has 0 atom stereocenters. The Balaban J connectivity index is 0.000000671. The zero-order valence-corrected chi connectivity index (χ0v) is 8.37. The minimum atomic E-state index is 0.107. The summed E-state index contributed by atoms with van der Waals surface area (Å²) in [6.45, 7) is 5.53. The number of rotatable bonds is 2. The van der Waals surface area contributed by atoms with Crippen molar-refractivity contribution >= 4 is 5.78 Å². The van der Waals surface area contributed by atoms with Crippen LogP contribution in [0.5, 0.6) is 5.75 Å². The van der Waals surface area contributed by atoms with Gasteiger partial charge in [0.1, 0.15) is 11.5 Å². The second-order valence-electron chi connectivity index (χ2n) is 2.55. The quantitative estimate of drug-likeness (QED) is 0.759. The van der Waals surface area contributed by atoms with E-state index in [0.717, 1.165) is 5.56 Å². The van der Waals surface area contributed by atoms with Crippen LogP contribution in [0.15, 0.2) is 24.3 Å². The SMILES string of the molecule is CC.CC(=O)Cc1cccc(O)c1. The fourth-order valence-corrected chi connectivity index (χ4v) is 0.954. The van der Waals surface area contributed by atoms with E-state index < -0.39 is 0 Å². The molecule has 1 N–H and O–H groups in total. The van der Waals surface area contributed by atoms with Gasteiger partial charge in [0.15, 0.2) is 0 Å². The van der Waals surface area contributed by atoms with Crippen molar-refractivity contribution in [3.63, 3.8) is 0 Å². The fraction of sp³-hybridized carbons (Fsp3) is 0.364. The van der Waals surface area contributed by atoms with Crippen molar-refractivity contribution in [2.45, 2.75) is 27.2 Å². The van der Waals surface area contributed by atoms with Crippen LogP contribution in [0.25, 0.3) is 0 Å². The van der Waals surface area contributed by atoms with Gasteiger partial charge in [0.25, 0.3) is 0 Å². The topological polar surface area (TPSA) is 37.3 Å². The molecular weight excluding hydrogens is 164 g/mol. The number of hydrogen-bond donors (Lipinski definition) is 1. The van der Waals surface area contributed by atoms with Crippen molar-refractivity contribution in [2.75, 3.05) is 0 Å². The number of ketones is 1. The molecule has 2 nitrogen and oxygen atoms in total. The summed E-state index contributed by atoms with van der Waals surface area (Å²) in [7, 11) is 0. The van der Waals surface area contributed by atoms with E-state index in [9.17, 15) is 4.79 Å². The van der Waals surface area contributed by atoms with E-state index in [2.05, 4.69) is 0 Å². The predicted molar refractivity (Wildman–Crippen MR) is 53.8 cm³/mol. The Morgan fingerprint density at radius 3 is 2.46 bits per heavy atom. The first-order valence-electron chi connectivity index (χ1n) is 4.46. The molecule has 0 aliphatic carbocycles. The lowest BCUT2D eigenvalue weighted by Gasteiger charge is -1.96. The molecule has 2 heteroatoms. The molecule has 1 rings (SSSR count). The Bertz CT molecular complexity index is 267. The van der Waals surface area contributed by atoms with Gasteiger partial charge in [-0.3, -0.25) is 4.79 Å². The van der Waals surface area contributed by atoms with E-state index in [4.69, 9.17) is 5.11 Å². The van der Waals surface area contributed by atoms with E-state index in [1.54, 1.807) is 18.2 Å². The zero-order chi connectivity index (χ0) is 10.3. The molecule has 0 radical (unpaired) electrons. The van der Waals surface area contributed by atoms with Gasteiger partial charge in [-0.15, -0.1) is 0 Å². The average molecular weight is 180 g/mol.